The zero-order valence-electron chi connectivity index (χ0n) is 12.7. The van der Waals surface area contributed by atoms with Crippen LogP contribution in [0.15, 0.2) is 24.3 Å². The first-order chi connectivity index (χ1) is 10.7. The lowest BCUT2D eigenvalue weighted by atomic mass is 9.96. The highest BCUT2D eigenvalue weighted by Crippen LogP contribution is 2.28. The van der Waals surface area contributed by atoms with E-state index in [2.05, 4.69) is 9.55 Å². The normalized spacial score (nSPS) is 13.7. The van der Waals surface area contributed by atoms with Gasteiger partial charge in [-0.05, 0) is 49.9 Å². The lowest BCUT2D eigenvalue weighted by Crippen LogP contribution is -2.19. The van der Waals surface area contributed by atoms with Gasteiger partial charge >= 0.3 is 0 Å². The lowest BCUT2D eigenvalue weighted by Gasteiger charge is -2.24. The third kappa shape index (κ3) is 2.78. The zero-order valence-corrected chi connectivity index (χ0v) is 13.5. The second-order valence-electron chi connectivity index (χ2n) is 5.48. The molecule has 0 fully saturated rings. The molecule has 0 unspecified atom stereocenters. The van der Waals surface area contributed by atoms with E-state index >= 15 is 0 Å². The van der Waals surface area contributed by atoms with Gasteiger partial charge in [-0.25, -0.2) is 4.98 Å². The molecule has 0 saturated heterocycles. The fourth-order valence-corrected chi connectivity index (χ4v) is 3.38. The first-order valence-electron chi connectivity index (χ1n) is 7.62. The molecule has 0 aliphatic heterocycles. The molecular formula is C17H20N2O2S. The van der Waals surface area contributed by atoms with Crippen LogP contribution in [0, 0.1) is 4.64 Å². The number of nitrogens with zero attached hydrogens (tertiary/aromatic N) is 2. The zero-order chi connectivity index (χ0) is 15.5. The van der Waals surface area contributed by atoms with Crippen molar-refractivity contribution in [3.8, 4) is 17.1 Å². The van der Waals surface area contributed by atoms with Crippen molar-refractivity contribution in [2.24, 2.45) is 0 Å². The number of fused-ring (bicyclic) bond motifs is 1. The van der Waals surface area contributed by atoms with Gasteiger partial charge in [0.2, 0.25) is 0 Å². The van der Waals surface area contributed by atoms with Crippen molar-refractivity contribution in [1.82, 2.24) is 9.55 Å². The Labute approximate surface area is 135 Å². The molecule has 116 valence electrons. The number of rotatable bonds is 4. The number of ether oxygens (including phenoxy) is 1. The largest absolute Gasteiger partial charge is 0.497 e. The Morgan fingerprint density at radius 2 is 1.95 bits per heavy atom. The summed E-state index contributed by atoms with van der Waals surface area (Å²) in [6.45, 7) is 0.644. The number of aromatic nitrogens is 2. The number of benzene rings is 1. The quantitative estimate of drug-likeness (QED) is 0.880. The minimum Gasteiger partial charge on any atom is -0.497 e. The summed E-state index contributed by atoms with van der Waals surface area (Å²) >= 11 is 5.51. The van der Waals surface area contributed by atoms with E-state index in [1.807, 2.05) is 24.3 Å². The van der Waals surface area contributed by atoms with Gasteiger partial charge in [-0.2, -0.15) is 0 Å². The van der Waals surface area contributed by atoms with Crippen LogP contribution in [0.25, 0.3) is 11.4 Å². The molecule has 1 aromatic carbocycles. The van der Waals surface area contributed by atoms with E-state index < -0.39 is 0 Å². The Hall–Kier alpha value is -1.72. The molecule has 3 rings (SSSR count). The average molecular weight is 316 g/mol. The minimum absolute atomic E-state index is 0.0959. The van der Waals surface area contributed by atoms with Crippen LogP contribution in [-0.2, 0) is 19.4 Å². The van der Waals surface area contributed by atoms with E-state index in [1.54, 1.807) is 7.11 Å². The molecule has 1 aromatic heterocycles. The Kier molecular flexibility index (Phi) is 4.55. The van der Waals surface area contributed by atoms with Crippen molar-refractivity contribution in [3.05, 3.63) is 40.2 Å². The maximum atomic E-state index is 9.45. The third-order valence-electron chi connectivity index (χ3n) is 4.16. The number of aliphatic hydroxyl groups excluding tert-OH is 1. The predicted octanol–water partition coefficient (Wildman–Crippen LogP) is 3.16. The molecule has 5 heteroatoms. The van der Waals surface area contributed by atoms with Gasteiger partial charge in [0, 0.05) is 23.4 Å². The second-order valence-corrected chi connectivity index (χ2v) is 5.86. The van der Waals surface area contributed by atoms with Crippen molar-refractivity contribution in [2.45, 2.75) is 32.2 Å². The fraction of sp³-hybridized carbons (Fsp3) is 0.412. The molecule has 1 N–H and O–H groups in total. The van der Waals surface area contributed by atoms with Gasteiger partial charge < -0.3 is 14.4 Å². The number of hydrogen-bond donors (Lipinski definition) is 1. The molecular weight excluding hydrogens is 296 g/mol. The van der Waals surface area contributed by atoms with E-state index in [4.69, 9.17) is 17.0 Å². The second kappa shape index (κ2) is 6.58. The summed E-state index contributed by atoms with van der Waals surface area (Å²) in [6.07, 6.45) is 4.33. The van der Waals surface area contributed by atoms with Crippen molar-refractivity contribution in [3.63, 3.8) is 0 Å². The van der Waals surface area contributed by atoms with Crippen LogP contribution in [0.1, 0.15) is 24.1 Å². The van der Waals surface area contributed by atoms with Crippen LogP contribution >= 0.6 is 12.2 Å². The molecule has 0 amide bonds. The first kappa shape index (κ1) is 15.2. The predicted molar refractivity (Wildman–Crippen MR) is 88.8 cm³/mol. The fourth-order valence-electron chi connectivity index (χ4n) is 3.07. The molecule has 2 aromatic rings. The van der Waals surface area contributed by atoms with Crippen molar-refractivity contribution in [1.29, 1.82) is 0 Å². The molecule has 1 aliphatic carbocycles. The molecule has 22 heavy (non-hydrogen) atoms. The minimum atomic E-state index is 0.0959. The monoisotopic (exact) mass is 316 g/mol. The van der Waals surface area contributed by atoms with Gasteiger partial charge in [0.15, 0.2) is 0 Å². The smallest absolute Gasteiger partial charge is 0.141 e. The van der Waals surface area contributed by atoms with E-state index in [-0.39, 0.29) is 6.61 Å². The van der Waals surface area contributed by atoms with Crippen LogP contribution < -0.4 is 4.74 Å². The van der Waals surface area contributed by atoms with Crippen molar-refractivity contribution < 1.29 is 9.84 Å². The van der Waals surface area contributed by atoms with Gasteiger partial charge in [-0.1, -0.05) is 12.2 Å². The maximum Gasteiger partial charge on any atom is 0.141 e. The maximum absolute atomic E-state index is 9.45. The summed E-state index contributed by atoms with van der Waals surface area (Å²) in [4.78, 5) is 4.66. The molecule has 1 heterocycles. The summed E-state index contributed by atoms with van der Waals surface area (Å²) in [7, 11) is 1.65. The molecule has 0 atom stereocenters. The lowest BCUT2D eigenvalue weighted by molar-refractivity contribution is 0.273. The first-order valence-corrected chi connectivity index (χ1v) is 8.03. The van der Waals surface area contributed by atoms with Gasteiger partial charge in [0.1, 0.15) is 16.2 Å². The Morgan fingerprint density at radius 1 is 1.23 bits per heavy atom. The number of hydrogen-bond acceptors (Lipinski definition) is 4. The van der Waals surface area contributed by atoms with Crippen LogP contribution in [0.4, 0.5) is 0 Å². The highest BCUT2D eigenvalue weighted by atomic mass is 32.1. The summed E-state index contributed by atoms with van der Waals surface area (Å²) in [5, 5.41) is 9.45. The van der Waals surface area contributed by atoms with E-state index in [9.17, 15) is 5.11 Å². The molecule has 0 radical (unpaired) electrons. The highest BCUT2D eigenvalue weighted by Gasteiger charge is 2.18. The van der Waals surface area contributed by atoms with Crippen molar-refractivity contribution in [2.75, 3.05) is 13.7 Å². The molecule has 4 nitrogen and oxygen atoms in total. The Morgan fingerprint density at radius 3 is 2.64 bits per heavy atom. The van der Waals surface area contributed by atoms with Crippen LogP contribution in [0.2, 0.25) is 0 Å². The Bertz CT molecular complexity index is 723. The van der Waals surface area contributed by atoms with Gasteiger partial charge in [-0.3, -0.25) is 0 Å². The van der Waals surface area contributed by atoms with Crippen molar-refractivity contribution >= 4 is 12.2 Å². The van der Waals surface area contributed by atoms with Gasteiger partial charge in [-0.15, -0.1) is 0 Å². The van der Waals surface area contributed by atoms with Gasteiger partial charge in [0.05, 0.1) is 13.7 Å². The highest BCUT2D eigenvalue weighted by molar-refractivity contribution is 7.71. The summed E-state index contributed by atoms with van der Waals surface area (Å²) in [5.41, 5.74) is 3.42. The molecule has 0 saturated carbocycles. The topological polar surface area (TPSA) is 47.3 Å². The molecule has 0 spiro atoms. The molecule has 1 aliphatic rings. The van der Waals surface area contributed by atoms with Crippen LogP contribution in [0.3, 0.4) is 0 Å². The number of methoxy groups -OCH3 is 1. The molecule has 0 bridgehead atoms. The SMILES string of the molecule is COc1ccc(-c2nc(=S)c3c(n2CCO)CCCC3)cc1. The number of aliphatic hydroxyl groups is 1. The Balaban J connectivity index is 2.16. The summed E-state index contributed by atoms with van der Waals surface area (Å²) in [5.74, 6) is 1.65. The van der Waals surface area contributed by atoms with Crippen LogP contribution in [-0.4, -0.2) is 28.4 Å². The summed E-state index contributed by atoms with van der Waals surface area (Å²) < 4.78 is 8.04. The van der Waals surface area contributed by atoms with E-state index in [1.165, 1.54) is 24.1 Å². The van der Waals surface area contributed by atoms with Crippen LogP contribution in [0.5, 0.6) is 5.75 Å². The summed E-state index contributed by atoms with van der Waals surface area (Å²) in [6, 6.07) is 7.81. The van der Waals surface area contributed by atoms with Gasteiger partial charge in [0.25, 0.3) is 0 Å². The van der Waals surface area contributed by atoms with E-state index in [0.717, 1.165) is 30.0 Å². The third-order valence-corrected chi connectivity index (χ3v) is 4.50. The van der Waals surface area contributed by atoms with E-state index in [0.29, 0.717) is 11.2 Å². The standard InChI is InChI=1S/C17H20N2O2S/c1-21-13-8-6-12(7-9-13)16-18-17(22)14-4-2-3-5-15(14)19(16)10-11-20/h6-9,20H,2-5,10-11H2,1H3. The average Bonchev–Trinajstić information content (AvgIpc) is 2.57.